The van der Waals surface area contributed by atoms with Crippen molar-refractivity contribution in [2.45, 2.75) is 37.4 Å². The molecule has 1 aromatic heterocycles. The van der Waals surface area contributed by atoms with Crippen molar-refractivity contribution in [1.82, 2.24) is 10.1 Å². The van der Waals surface area contributed by atoms with Gasteiger partial charge in [0.25, 0.3) is 0 Å². The van der Waals surface area contributed by atoms with E-state index in [0.717, 1.165) is 31.4 Å². The molecule has 2 bridgehead atoms. The zero-order valence-corrected chi connectivity index (χ0v) is 13.5. The SMILES string of the molecule is Cl.NC1C2CCC(C2)C1c1nc(-c2cccc(C(F)(F)F)c2)no1. The van der Waals surface area contributed by atoms with E-state index in [0.29, 0.717) is 23.3 Å². The van der Waals surface area contributed by atoms with Gasteiger partial charge in [0.05, 0.1) is 11.5 Å². The lowest BCUT2D eigenvalue weighted by Crippen LogP contribution is -2.34. The first-order valence-corrected chi connectivity index (χ1v) is 7.70. The van der Waals surface area contributed by atoms with Gasteiger partial charge in [0.2, 0.25) is 11.7 Å². The lowest BCUT2D eigenvalue weighted by atomic mass is 9.85. The molecule has 2 aromatic rings. The van der Waals surface area contributed by atoms with Gasteiger partial charge >= 0.3 is 6.18 Å². The molecule has 1 heterocycles. The van der Waals surface area contributed by atoms with Gasteiger partial charge in [-0.3, -0.25) is 0 Å². The van der Waals surface area contributed by atoms with Crippen molar-refractivity contribution < 1.29 is 17.7 Å². The normalized spacial score (nSPS) is 28.8. The molecular formula is C16H17ClF3N3O. The van der Waals surface area contributed by atoms with Gasteiger partial charge in [-0.25, -0.2) is 0 Å². The van der Waals surface area contributed by atoms with Gasteiger partial charge < -0.3 is 10.3 Å². The van der Waals surface area contributed by atoms with Crippen molar-refractivity contribution in [3.63, 3.8) is 0 Å². The van der Waals surface area contributed by atoms with Crippen LogP contribution in [0.5, 0.6) is 0 Å². The molecule has 2 aliphatic carbocycles. The first-order chi connectivity index (χ1) is 10.9. The highest BCUT2D eigenvalue weighted by Crippen LogP contribution is 2.51. The third-order valence-corrected chi connectivity index (χ3v) is 5.16. The third-order valence-electron chi connectivity index (χ3n) is 5.16. The van der Waals surface area contributed by atoms with Crippen LogP contribution in [-0.2, 0) is 6.18 Å². The van der Waals surface area contributed by atoms with Crippen LogP contribution in [0, 0.1) is 11.8 Å². The van der Waals surface area contributed by atoms with Crippen molar-refractivity contribution in [2.24, 2.45) is 17.6 Å². The molecule has 130 valence electrons. The molecule has 8 heteroatoms. The van der Waals surface area contributed by atoms with Crippen molar-refractivity contribution in [2.75, 3.05) is 0 Å². The Hall–Kier alpha value is -1.60. The van der Waals surface area contributed by atoms with E-state index in [1.54, 1.807) is 6.07 Å². The number of alkyl halides is 3. The van der Waals surface area contributed by atoms with E-state index < -0.39 is 11.7 Å². The molecule has 2 N–H and O–H groups in total. The lowest BCUT2D eigenvalue weighted by molar-refractivity contribution is -0.137. The smallest absolute Gasteiger partial charge is 0.339 e. The lowest BCUT2D eigenvalue weighted by Gasteiger charge is -2.24. The fraction of sp³-hybridized carbons (Fsp3) is 0.500. The zero-order chi connectivity index (χ0) is 16.2. The van der Waals surface area contributed by atoms with Gasteiger partial charge in [-0.2, -0.15) is 18.2 Å². The predicted octanol–water partition coefficient (Wildman–Crippen LogP) is 4.02. The third kappa shape index (κ3) is 2.80. The Balaban J connectivity index is 0.00000169. The molecule has 2 fully saturated rings. The van der Waals surface area contributed by atoms with E-state index >= 15 is 0 Å². The van der Waals surface area contributed by atoms with Gasteiger partial charge in [0.1, 0.15) is 0 Å². The summed E-state index contributed by atoms with van der Waals surface area (Å²) in [6.07, 6.45) is -1.08. The summed E-state index contributed by atoms with van der Waals surface area (Å²) in [5, 5.41) is 3.86. The summed E-state index contributed by atoms with van der Waals surface area (Å²) < 4.78 is 43.7. The second-order valence-corrected chi connectivity index (χ2v) is 6.47. The standard InChI is InChI=1S/C16H16F3N3O.ClH/c17-16(18,19)11-3-1-2-10(7-11)14-21-15(23-22-14)12-8-4-5-9(6-8)13(12)20;/h1-3,7-9,12-13H,4-6,20H2;1H. The number of fused-ring (bicyclic) bond motifs is 2. The number of hydrogen-bond acceptors (Lipinski definition) is 4. The Bertz CT molecular complexity index is 731. The number of nitrogens with two attached hydrogens (primary N) is 1. The van der Waals surface area contributed by atoms with E-state index in [1.165, 1.54) is 6.07 Å². The molecule has 24 heavy (non-hydrogen) atoms. The molecule has 4 nitrogen and oxygen atoms in total. The number of benzene rings is 1. The summed E-state index contributed by atoms with van der Waals surface area (Å²) >= 11 is 0. The first-order valence-electron chi connectivity index (χ1n) is 7.70. The van der Waals surface area contributed by atoms with Crippen LogP contribution in [-0.4, -0.2) is 16.2 Å². The number of nitrogens with zero attached hydrogens (tertiary/aromatic N) is 2. The van der Waals surface area contributed by atoms with Crippen LogP contribution < -0.4 is 5.73 Å². The topological polar surface area (TPSA) is 64.9 Å². The van der Waals surface area contributed by atoms with Crippen LogP contribution >= 0.6 is 12.4 Å². The Morgan fingerprint density at radius 3 is 2.58 bits per heavy atom. The van der Waals surface area contributed by atoms with E-state index in [4.69, 9.17) is 10.3 Å². The van der Waals surface area contributed by atoms with Gasteiger partial charge in [-0.1, -0.05) is 17.3 Å². The average molecular weight is 360 g/mol. The Kier molecular flexibility index (Phi) is 4.34. The molecule has 4 unspecified atom stereocenters. The minimum atomic E-state index is -4.39. The number of hydrogen-bond donors (Lipinski definition) is 1. The molecule has 4 rings (SSSR count). The van der Waals surface area contributed by atoms with Crippen LogP contribution in [0.3, 0.4) is 0 Å². The number of rotatable bonds is 2. The van der Waals surface area contributed by atoms with Crippen molar-refractivity contribution in [1.29, 1.82) is 0 Å². The molecule has 0 radical (unpaired) electrons. The monoisotopic (exact) mass is 359 g/mol. The second-order valence-electron chi connectivity index (χ2n) is 6.47. The maximum Gasteiger partial charge on any atom is 0.416 e. The quantitative estimate of drug-likeness (QED) is 0.879. The van der Waals surface area contributed by atoms with E-state index in [2.05, 4.69) is 10.1 Å². The average Bonchev–Trinajstić information content (AvgIpc) is 3.21. The first kappa shape index (κ1) is 17.2. The van der Waals surface area contributed by atoms with Crippen LogP contribution in [0.4, 0.5) is 13.2 Å². The number of aromatic nitrogens is 2. The van der Waals surface area contributed by atoms with Crippen LogP contribution in [0.2, 0.25) is 0 Å². The van der Waals surface area contributed by atoms with Crippen LogP contribution in [0.15, 0.2) is 28.8 Å². The molecule has 0 saturated heterocycles. The molecule has 0 amide bonds. The largest absolute Gasteiger partial charge is 0.416 e. The van der Waals surface area contributed by atoms with Gasteiger partial charge in [0, 0.05) is 11.6 Å². The second kappa shape index (κ2) is 6.04. The molecule has 0 spiro atoms. The molecule has 1 aromatic carbocycles. The Morgan fingerprint density at radius 1 is 1.17 bits per heavy atom. The van der Waals surface area contributed by atoms with Gasteiger partial charge in [-0.05, 0) is 43.2 Å². The van der Waals surface area contributed by atoms with Crippen molar-refractivity contribution in [3.05, 3.63) is 35.7 Å². The maximum atomic E-state index is 12.8. The molecule has 4 atom stereocenters. The van der Waals surface area contributed by atoms with E-state index in [9.17, 15) is 13.2 Å². The molecular weight excluding hydrogens is 343 g/mol. The van der Waals surface area contributed by atoms with Crippen molar-refractivity contribution in [3.8, 4) is 11.4 Å². The summed E-state index contributed by atoms with van der Waals surface area (Å²) in [6, 6.07) is 4.96. The minimum absolute atomic E-state index is 0. The summed E-state index contributed by atoms with van der Waals surface area (Å²) in [6.45, 7) is 0. The fourth-order valence-electron chi connectivity index (χ4n) is 4.02. The summed E-state index contributed by atoms with van der Waals surface area (Å²) in [5.41, 5.74) is 5.82. The highest BCUT2D eigenvalue weighted by molar-refractivity contribution is 5.85. The summed E-state index contributed by atoms with van der Waals surface area (Å²) in [4.78, 5) is 4.33. The van der Waals surface area contributed by atoms with Crippen LogP contribution in [0.1, 0.15) is 36.6 Å². The highest BCUT2D eigenvalue weighted by Gasteiger charge is 2.49. The summed E-state index contributed by atoms with van der Waals surface area (Å²) in [5.74, 6) is 1.61. The summed E-state index contributed by atoms with van der Waals surface area (Å²) in [7, 11) is 0. The fourth-order valence-corrected chi connectivity index (χ4v) is 4.02. The van der Waals surface area contributed by atoms with Gasteiger partial charge in [-0.15, -0.1) is 12.4 Å². The minimum Gasteiger partial charge on any atom is -0.339 e. The molecule has 0 aliphatic heterocycles. The van der Waals surface area contributed by atoms with E-state index in [-0.39, 0.29) is 30.2 Å². The van der Waals surface area contributed by atoms with E-state index in [1.807, 2.05) is 0 Å². The predicted molar refractivity (Wildman–Crippen MR) is 83.5 cm³/mol. The zero-order valence-electron chi connectivity index (χ0n) is 12.7. The Labute approximate surface area is 143 Å². The number of halogens is 4. The maximum absolute atomic E-state index is 12.8. The molecule has 2 saturated carbocycles. The van der Waals surface area contributed by atoms with Crippen molar-refractivity contribution >= 4 is 12.4 Å². The highest BCUT2D eigenvalue weighted by atomic mass is 35.5. The van der Waals surface area contributed by atoms with Crippen LogP contribution in [0.25, 0.3) is 11.4 Å². The molecule has 2 aliphatic rings. The van der Waals surface area contributed by atoms with Gasteiger partial charge in [0.15, 0.2) is 0 Å². The Morgan fingerprint density at radius 2 is 1.92 bits per heavy atom.